The first kappa shape index (κ1) is 23.1. The summed E-state index contributed by atoms with van der Waals surface area (Å²) in [5.74, 6) is 1.44. The van der Waals surface area contributed by atoms with Crippen molar-refractivity contribution in [1.82, 2.24) is 0 Å². The molecule has 24 heavy (non-hydrogen) atoms. The van der Waals surface area contributed by atoms with E-state index in [4.69, 9.17) is 27.9 Å². The van der Waals surface area contributed by atoms with Crippen molar-refractivity contribution in [3.63, 3.8) is 0 Å². The summed E-state index contributed by atoms with van der Waals surface area (Å²) in [6.45, 7) is 16.3. The molecule has 0 unspecified atom stereocenters. The van der Waals surface area contributed by atoms with Crippen LogP contribution in [-0.2, 0) is 20.1 Å². The summed E-state index contributed by atoms with van der Waals surface area (Å²) in [4.78, 5) is 0. The van der Waals surface area contributed by atoms with Crippen molar-refractivity contribution in [3.8, 4) is 0 Å². The van der Waals surface area contributed by atoms with Crippen LogP contribution < -0.4 is 0 Å². The molecule has 0 atom stereocenters. The molecule has 5 radical (unpaired) electrons. The minimum atomic E-state index is -1.92. The molecule has 2 rings (SSSR count). The van der Waals surface area contributed by atoms with Crippen molar-refractivity contribution < 1.29 is 14.7 Å². The maximum atomic E-state index is 4.97. The first-order chi connectivity index (χ1) is 10.8. The van der Waals surface area contributed by atoms with Gasteiger partial charge in [-0.1, -0.05) is 62.8 Å². The predicted molar refractivity (Wildman–Crippen MR) is 109 cm³/mol. The third-order valence-electron chi connectivity index (χ3n) is 4.28. The molecule has 1 fully saturated rings. The average Bonchev–Trinajstić information content (AvgIpc) is 2.86. The average molecular weight is 438 g/mol. The zero-order chi connectivity index (χ0) is 18.7. The van der Waals surface area contributed by atoms with Crippen molar-refractivity contribution in [2.24, 2.45) is 0 Å². The number of rotatable bonds is 3. The Hall–Kier alpha value is 1.02. The first-order valence-corrected chi connectivity index (χ1v) is 18.0. The monoisotopic (exact) mass is 436 g/mol. The van der Waals surface area contributed by atoms with Crippen LogP contribution in [0.3, 0.4) is 0 Å². The van der Waals surface area contributed by atoms with E-state index in [0.29, 0.717) is 0 Å². The number of aryl methyl sites for hydroxylation is 2. The molecule has 0 N–H and O–H groups in total. The standard InChI is InChI=1S/C19H27Si.3ClH.Ti/c1-14-10-15(2)12-17(11-14)19(3,4)16-8-9-18(13-16)20(5,6)7;;;;/h8-13H,1-7H3;3*1H;/q;;;;+4/p-3. The molecule has 0 amide bonds. The molecular weight excluding hydrogens is 411 g/mol. The zero-order valence-electron chi connectivity index (χ0n) is 15.6. The van der Waals surface area contributed by atoms with Gasteiger partial charge in [-0.05, 0) is 55.5 Å². The van der Waals surface area contributed by atoms with Crippen molar-refractivity contribution in [2.75, 3.05) is 0 Å². The number of halogens is 3. The van der Waals surface area contributed by atoms with Gasteiger partial charge in [0.2, 0.25) is 0 Å². The second kappa shape index (κ2) is 9.29. The molecule has 0 nitrogen and oxygen atoms in total. The molecule has 0 heterocycles. The van der Waals surface area contributed by atoms with E-state index < -0.39 is 22.8 Å². The van der Waals surface area contributed by atoms with Gasteiger partial charge in [0, 0.05) is 0 Å². The van der Waals surface area contributed by atoms with Crippen LogP contribution in [0.5, 0.6) is 0 Å². The number of hydrogen-bond acceptors (Lipinski definition) is 0. The Labute approximate surface area is 168 Å². The van der Waals surface area contributed by atoms with Gasteiger partial charge in [-0.15, -0.1) is 0 Å². The number of hydrogen-bond donors (Lipinski definition) is 0. The van der Waals surface area contributed by atoms with Crippen LogP contribution in [-0.4, -0.2) is 8.07 Å². The maximum absolute atomic E-state index is 4.97. The van der Waals surface area contributed by atoms with Crippen LogP contribution >= 0.6 is 27.9 Å². The summed E-state index contributed by atoms with van der Waals surface area (Å²) in [5.41, 5.74) is 5.76. The van der Waals surface area contributed by atoms with E-state index in [1.54, 1.807) is 5.54 Å². The number of benzene rings is 1. The third kappa shape index (κ3) is 6.97. The Morgan fingerprint density at radius 2 is 1.33 bits per heavy atom. The van der Waals surface area contributed by atoms with E-state index in [1.165, 1.54) is 22.6 Å². The second-order valence-electron chi connectivity index (χ2n) is 7.85. The van der Waals surface area contributed by atoms with Crippen LogP contribution in [0.2, 0.25) is 19.6 Å². The van der Waals surface area contributed by atoms with Gasteiger partial charge in [0.15, 0.2) is 0 Å². The van der Waals surface area contributed by atoms with E-state index in [-0.39, 0.29) is 5.41 Å². The normalized spacial score (nSPS) is 16.8. The van der Waals surface area contributed by atoms with Crippen LogP contribution in [0.1, 0.15) is 30.5 Å². The van der Waals surface area contributed by atoms with Crippen molar-refractivity contribution in [1.29, 1.82) is 0 Å². The van der Waals surface area contributed by atoms with Crippen LogP contribution in [0, 0.1) is 44.6 Å². The summed E-state index contributed by atoms with van der Waals surface area (Å²) in [5, 5.41) is 0. The molecule has 1 aromatic rings. The molecule has 0 saturated heterocycles. The summed E-state index contributed by atoms with van der Waals surface area (Å²) in [6, 6.07) is 6.90. The molecule has 1 aliphatic carbocycles. The van der Waals surface area contributed by atoms with Crippen LogP contribution in [0.4, 0.5) is 0 Å². The van der Waals surface area contributed by atoms with Gasteiger partial charge in [0.25, 0.3) is 0 Å². The molecule has 131 valence electrons. The molecule has 5 heteroatoms. The van der Waals surface area contributed by atoms with Gasteiger partial charge in [0.05, 0.1) is 8.07 Å². The Kier molecular flexibility index (Phi) is 8.93. The second-order valence-corrected chi connectivity index (χ2v) is 20.7. The Morgan fingerprint density at radius 3 is 1.71 bits per heavy atom. The van der Waals surface area contributed by atoms with Gasteiger partial charge in [-0.3, -0.25) is 0 Å². The van der Waals surface area contributed by atoms with Gasteiger partial charge in [-0.2, -0.15) is 0 Å². The fourth-order valence-electron chi connectivity index (χ4n) is 2.80. The van der Waals surface area contributed by atoms with E-state index in [9.17, 15) is 0 Å². The Bertz CT molecular complexity index is 515. The van der Waals surface area contributed by atoms with E-state index in [1.807, 2.05) is 0 Å². The fraction of sp³-hybridized carbons (Fsp3) is 0.421. The van der Waals surface area contributed by atoms with Gasteiger partial charge in [0.1, 0.15) is 0 Å². The van der Waals surface area contributed by atoms with E-state index >= 15 is 0 Å². The van der Waals surface area contributed by atoms with Crippen LogP contribution in [0.15, 0.2) is 18.2 Å². The van der Waals surface area contributed by atoms with Gasteiger partial charge in [-0.25, -0.2) is 0 Å². The molecular formula is C19H27Cl3SiTi+. The predicted octanol–water partition coefficient (Wildman–Crippen LogP) is 7.30. The summed E-state index contributed by atoms with van der Waals surface area (Å²) >= 11 is -1.92. The SMILES string of the molecule is Cc1cc(C)cc(C(C)(C)[C]2[CH][CH][C]([Si](C)(C)C)[CH]2)c1.[Cl][Ti+]([Cl])[Cl]. The molecule has 0 spiro atoms. The molecule has 1 aromatic carbocycles. The minimum absolute atomic E-state index is 0.0781. The quantitative estimate of drug-likeness (QED) is 0.435. The third-order valence-corrected chi connectivity index (χ3v) is 6.33. The molecule has 1 aliphatic rings. The van der Waals surface area contributed by atoms with E-state index in [0.717, 1.165) is 0 Å². The molecule has 0 aromatic heterocycles. The fourth-order valence-corrected chi connectivity index (χ4v) is 3.97. The Morgan fingerprint density at radius 1 is 0.875 bits per heavy atom. The van der Waals surface area contributed by atoms with E-state index in [2.05, 4.69) is 84.8 Å². The molecule has 0 aliphatic heterocycles. The summed E-state index contributed by atoms with van der Waals surface area (Å²) in [6.07, 6.45) is 7.10. The summed E-state index contributed by atoms with van der Waals surface area (Å²) in [7, 11) is 13.7. The zero-order valence-corrected chi connectivity index (χ0v) is 20.4. The van der Waals surface area contributed by atoms with Crippen LogP contribution in [0.25, 0.3) is 0 Å². The molecule has 0 bridgehead atoms. The topological polar surface area (TPSA) is 0 Å². The van der Waals surface area contributed by atoms with Crippen molar-refractivity contribution >= 4 is 36.0 Å². The summed E-state index contributed by atoms with van der Waals surface area (Å²) < 4.78 is 0. The van der Waals surface area contributed by atoms with Crippen molar-refractivity contribution in [3.05, 3.63) is 65.6 Å². The van der Waals surface area contributed by atoms with Crippen molar-refractivity contribution in [2.45, 2.75) is 52.8 Å². The van der Waals surface area contributed by atoms with Gasteiger partial charge < -0.3 is 0 Å². The first-order valence-electron chi connectivity index (χ1n) is 8.04. The van der Waals surface area contributed by atoms with Gasteiger partial charge >= 0.3 is 42.6 Å². The Balaban J connectivity index is 0.000000648. The molecule has 1 saturated carbocycles.